The van der Waals surface area contributed by atoms with E-state index in [0.29, 0.717) is 27.5 Å². The number of hydrogen-bond donors (Lipinski definition) is 2. The van der Waals surface area contributed by atoms with Gasteiger partial charge in [0.25, 0.3) is 5.91 Å². The van der Waals surface area contributed by atoms with Crippen molar-refractivity contribution >= 4 is 45.2 Å². The summed E-state index contributed by atoms with van der Waals surface area (Å²) in [7, 11) is 0. The maximum Gasteiger partial charge on any atom is 0.341 e. The summed E-state index contributed by atoms with van der Waals surface area (Å²) in [6.07, 6.45) is 3.69. The highest BCUT2D eigenvalue weighted by molar-refractivity contribution is 7.17. The minimum atomic E-state index is -1.09. The van der Waals surface area contributed by atoms with Gasteiger partial charge in [0.05, 0.1) is 28.8 Å². The van der Waals surface area contributed by atoms with Crippen molar-refractivity contribution in [3.63, 3.8) is 0 Å². The second-order valence-electron chi connectivity index (χ2n) is 9.17. The number of aromatic amines is 1. The zero-order valence-electron chi connectivity index (χ0n) is 21.3. The zero-order chi connectivity index (χ0) is 26.6. The number of amides is 1. The first-order chi connectivity index (χ1) is 18.5. The van der Waals surface area contributed by atoms with Gasteiger partial charge in [0.15, 0.2) is 6.10 Å². The molecule has 1 amide bonds. The molecule has 0 saturated heterocycles. The van der Waals surface area contributed by atoms with E-state index in [-0.39, 0.29) is 6.61 Å². The maximum atomic E-state index is 13.2. The van der Waals surface area contributed by atoms with Crippen molar-refractivity contribution < 1.29 is 23.9 Å². The van der Waals surface area contributed by atoms with Crippen molar-refractivity contribution in [1.82, 2.24) is 9.97 Å². The number of para-hydroxylation sites is 2. The maximum absolute atomic E-state index is 13.2. The summed E-state index contributed by atoms with van der Waals surface area (Å²) in [6, 6.07) is 14.6. The smallest absolute Gasteiger partial charge is 0.341 e. The van der Waals surface area contributed by atoms with E-state index in [2.05, 4.69) is 15.3 Å². The van der Waals surface area contributed by atoms with E-state index in [1.54, 1.807) is 25.1 Å². The Kier molecular flexibility index (Phi) is 7.55. The van der Waals surface area contributed by atoms with Crippen LogP contribution in [0, 0.1) is 0 Å². The quantitative estimate of drug-likeness (QED) is 0.226. The number of imidazole rings is 1. The summed E-state index contributed by atoms with van der Waals surface area (Å²) < 4.78 is 10.9. The van der Waals surface area contributed by atoms with Crippen LogP contribution in [0.1, 0.15) is 64.3 Å². The van der Waals surface area contributed by atoms with Crippen molar-refractivity contribution in [3.8, 4) is 11.4 Å². The topological polar surface area (TPSA) is 110 Å². The molecule has 1 unspecified atom stereocenters. The Morgan fingerprint density at radius 2 is 1.79 bits per heavy atom. The number of rotatable bonds is 7. The molecule has 0 aliphatic heterocycles. The average Bonchev–Trinajstić information content (AvgIpc) is 3.42. The van der Waals surface area contributed by atoms with E-state index < -0.39 is 23.9 Å². The number of thiophene rings is 1. The number of esters is 2. The van der Waals surface area contributed by atoms with Gasteiger partial charge in [-0.1, -0.05) is 36.8 Å². The first kappa shape index (κ1) is 25.7. The largest absolute Gasteiger partial charge is 0.462 e. The van der Waals surface area contributed by atoms with Crippen molar-refractivity contribution in [3.05, 3.63) is 70.1 Å². The lowest BCUT2D eigenvalue weighted by Gasteiger charge is -2.15. The fraction of sp³-hybridized carbons (Fsp3) is 0.310. The summed E-state index contributed by atoms with van der Waals surface area (Å²) in [5.41, 5.74) is 3.89. The molecule has 8 nitrogen and oxygen atoms in total. The molecule has 2 heterocycles. The second-order valence-corrected chi connectivity index (χ2v) is 10.3. The van der Waals surface area contributed by atoms with E-state index >= 15 is 0 Å². The number of H-pyrrole nitrogens is 1. The fourth-order valence-corrected chi connectivity index (χ4v) is 5.97. The van der Waals surface area contributed by atoms with Crippen LogP contribution in [0.5, 0.6) is 0 Å². The Balaban J connectivity index is 1.35. The van der Waals surface area contributed by atoms with Gasteiger partial charge in [-0.25, -0.2) is 14.6 Å². The molecule has 9 heteroatoms. The number of hydrogen-bond acceptors (Lipinski definition) is 7. The summed E-state index contributed by atoms with van der Waals surface area (Å²) in [4.78, 5) is 48.0. The van der Waals surface area contributed by atoms with Gasteiger partial charge in [0.1, 0.15) is 10.8 Å². The molecule has 0 bridgehead atoms. The highest BCUT2D eigenvalue weighted by Gasteiger charge is 2.29. The molecule has 4 aromatic rings. The van der Waals surface area contributed by atoms with Crippen LogP contribution in [0.15, 0.2) is 48.5 Å². The third-order valence-electron chi connectivity index (χ3n) is 6.58. The highest BCUT2D eigenvalue weighted by Crippen LogP contribution is 2.38. The number of carbonyl (C=O) groups excluding carboxylic acids is 3. The van der Waals surface area contributed by atoms with Crippen LogP contribution >= 0.6 is 11.3 Å². The van der Waals surface area contributed by atoms with Crippen molar-refractivity contribution in [2.45, 2.75) is 52.1 Å². The standard InChI is InChI=1S/C29H29N3O5S/c1-3-36-29(35)24-20-13-5-4-6-16-23(20)38-27(24)32-26(33)17(2)37-28(34)19-12-8-7-11-18(19)25-30-21-14-9-10-15-22(21)31-25/h7-12,14-15,17H,3-6,13,16H2,1-2H3,(H,30,31)(H,32,33). The number of benzene rings is 2. The molecular weight excluding hydrogens is 502 g/mol. The van der Waals surface area contributed by atoms with Crippen LogP contribution in [0.25, 0.3) is 22.4 Å². The average molecular weight is 532 g/mol. The molecule has 0 radical (unpaired) electrons. The lowest BCUT2D eigenvalue weighted by molar-refractivity contribution is -0.123. The van der Waals surface area contributed by atoms with Gasteiger partial charge in [0.2, 0.25) is 0 Å². The molecule has 1 atom stereocenters. The van der Waals surface area contributed by atoms with Crippen LogP contribution in [-0.2, 0) is 27.1 Å². The molecule has 0 spiro atoms. The third kappa shape index (κ3) is 5.19. The Hall–Kier alpha value is -3.98. The molecule has 2 aromatic carbocycles. The van der Waals surface area contributed by atoms with Crippen LogP contribution in [0.2, 0.25) is 0 Å². The number of carbonyl (C=O) groups is 3. The predicted molar refractivity (Wildman–Crippen MR) is 147 cm³/mol. The summed E-state index contributed by atoms with van der Waals surface area (Å²) in [6.45, 7) is 3.51. The van der Waals surface area contributed by atoms with Gasteiger partial charge >= 0.3 is 11.9 Å². The number of fused-ring (bicyclic) bond motifs is 2. The van der Waals surface area contributed by atoms with E-state index in [0.717, 1.165) is 53.6 Å². The number of aromatic nitrogens is 2. The lowest BCUT2D eigenvalue weighted by Crippen LogP contribution is -2.30. The summed E-state index contributed by atoms with van der Waals surface area (Å²) >= 11 is 1.41. The highest BCUT2D eigenvalue weighted by atomic mass is 32.1. The molecule has 2 N–H and O–H groups in total. The van der Waals surface area contributed by atoms with E-state index in [4.69, 9.17) is 9.47 Å². The molecule has 2 aromatic heterocycles. The van der Waals surface area contributed by atoms with Crippen molar-refractivity contribution in [2.75, 3.05) is 11.9 Å². The summed E-state index contributed by atoms with van der Waals surface area (Å²) in [5, 5.41) is 3.28. The molecule has 5 rings (SSSR count). The number of nitrogens with one attached hydrogen (secondary N) is 2. The molecule has 196 valence electrons. The number of aryl methyl sites for hydroxylation is 1. The Morgan fingerprint density at radius 3 is 2.61 bits per heavy atom. The van der Waals surface area contributed by atoms with E-state index in [1.807, 2.05) is 30.3 Å². The van der Waals surface area contributed by atoms with Crippen LogP contribution in [0.4, 0.5) is 5.00 Å². The van der Waals surface area contributed by atoms with Crippen LogP contribution in [0.3, 0.4) is 0 Å². The zero-order valence-corrected chi connectivity index (χ0v) is 22.2. The molecule has 38 heavy (non-hydrogen) atoms. The minimum Gasteiger partial charge on any atom is -0.462 e. The molecule has 1 aliphatic carbocycles. The fourth-order valence-electron chi connectivity index (χ4n) is 4.69. The normalized spacial score (nSPS) is 13.8. The minimum absolute atomic E-state index is 0.246. The van der Waals surface area contributed by atoms with Crippen LogP contribution < -0.4 is 5.32 Å². The van der Waals surface area contributed by atoms with Gasteiger partial charge in [-0.2, -0.15) is 0 Å². The van der Waals surface area contributed by atoms with E-state index in [9.17, 15) is 14.4 Å². The van der Waals surface area contributed by atoms with Gasteiger partial charge in [-0.05, 0) is 63.3 Å². The first-order valence-electron chi connectivity index (χ1n) is 12.8. The Morgan fingerprint density at radius 1 is 1.03 bits per heavy atom. The Bertz CT molecular complexity index is 1470. The van der Waals surface area contributed by atoms with Crippen molar-refractivity contribution in [2.24, 2.45) is 0 Å². The molecule has 1 aliphatic rings. The monoisotopic (exact) mass is 531 g/mol. The van der Waals surface area contributed by atoms with Gasteiger partial charge in [-0.3, -0.25) is 4.79 Å². The number of anilines is 1. The SMILES string of the molecule is CCOC(=O)c1c(NC(=O)C(C)OC(=O)c2ccccc2-c2nc3ccccc3[nH]2)sc2c1CCCCC2. The number of nitrogens with zero attached hydrogens (tertiary/aromatic N) is 1. The van der Waals surface area contributed by atoms with E-state index in [1.165, 1.54) is 18.3 Å². The molecule has 0 fully saturated rings. The third-order valence-corrected chi connectivity index (χ3v) is 7.79. The molecule has 0 saturated carbocycles. The number of ether oxygens (including phenoxy) is 2. The second kappa shape index (κ2) is 11.2. The van der Waals surface area contributed by atoms with Crippen LogP contribution in [-0.4, -0.2) is 40.5 Å². The lowest BCUT2D eigenvalue weighted by atomic mass is 10.1. The van der Waals surface area contributed by atoms with Gasteiger partial charge in [0, 0.05) is 10.4 Å². The molecular formula is C29H29N3O5S. The van der Waals surface area contributed by atoms with Crippen molar-refractivity contribution in [1.29, 1.82) is 0 Å². The predicted octanol–water partition coefficient (Wildman–Crippen LogP) is 5.92. The van der Waals surface area contributed by atoms with Gasteiger partial charge in [-0.15, -0.1) is 11.3 Å². The van der Waals surface area contributed by atoms with Gasteiger partial charge < -0.3 is 19.8 Å². The Labute approximate surface area is 224 Å². The first-order valence-corrected chi connectivity index (χ1v) is 13.7. The summed E-state index contributed by atoms with van der Waals surface area (Å²) in [5.74, 6) is -1.06.